The number of rotatable bonds is 3. The molecule has 0 N–H and O–H groups in total. The lowest BCUT2D eigenvalue weighted by molar-refractivity contribution is -0.137. The van der Waals surface area contributed by atoms with E-state index in [0.29, 0.717) is 5.56 Å². The van der Waals surface area contributed by atoms with Gasteiger partial charge in [0.1, 0.15) is 6.61 Å². The van der Waals surface area contributed by atoms with Gasteiger partial charge in [0.25, 0.3) is 0 Å². The Bertz CT molecular complexity index is 764. The molecule has 0 unspecified atom stereocenters. The third-order valence-electron chi connectivity index (χ3n) is 2.94. The molecule has 0 amide bonds. The molecule has 2 aromatic carbocycles. The zero-order chi connectivity index (χ0) is 17.4. The first-order valence-corrected chi connectivity index (χ1v) is 7.03. The molecule has 0 atom stereocenters. The van der Waals surface area contributed by atoms with Gasteiger partial charge in [0, 0.05) is 11.5 Å². The van der Waals surface area contributed by atoms with Crippen LogP contribution >= 0.6 is 0 Å². The first kappa shape index (κ1) is 17.4. The Balaban J connectivity index is 1.85. The van der Waals surface area contributed by atoms with Gasteiger partial charge < -0.3 is 4.74 Å². The quantitative estimate of drug-likeness (QED) is 0.619. The molecular formula is C19H13F3O2. The maximum absolute atomic E-state index is 12.4. The lowest BCUT2D eigenvalue weighted by Crippen LogP contribution is -2.04. The standard InChI is InChI=1S/C19H13F3O2/c20-19(21,22)17-11-8-16(9-12-17)10-13-18(23)24-14-4-7-15-5-2-1-3-6-15/h1-9,11-12H,14H2/b7-4+. The second kappa shape index (κ2) is 8.02. The van der Waals surface area contributed by atoms with E-state index >= 15 is 0 Å². The number of carbonyl (C=O) groups is 1. The van der Waals surface area contributed by atoms with Crippen LogP contribution in [0, 0.1) is 11.8 Å². The SMILES string of the molecule is O=C(C#Cc1ccc(C(F)(F)F)cc1)OC/C=C/c1ccccc1. The van der Waals surface area contributed by atoms with Crippen LogP contribution in [0.4, 0.5) is 13.2 Å². The molecule has 2 rings (SSSR count). The van der Waals surface area contributed by atoms with Crippen LogP contribution in [0.3, 0.4) is 0 Å². The zero-order valence-corrected chi connectivity index (χ0v) is 12.5. The predicted octanol–water partition coefficient (Wildman–Crippen LogP) is 4.31. The van der Waals surface area contributed by atoms with E-state index in [1.54, 1.807) is 12.2 Å². The van der Waals surface area contributed by atoms with Gasteiger partial charge in [-0.2, -0.15) is 13.2 Å². The number of hydrogen-bond donors (Lipinski definition) is 0. The first-order valence-electron chi connectivity index (χ1n) is 7.03. The molecule has 0 aliphatic carbocycles. The van der Waals surface area contributed by atoms with Crippen molar-refractivity contribution in [3.63, 3.8) is 0 Å². The second-order valence-corrected chi connectivity index (χ2v) is 4.74. The molecule has 0 aliphatic heterocycles. The van der Waals surface area contributed by atoms with Gasteiger partial charge in [-0.05, 0) is 35.9 Å². The molecule has 0 saturated carbocycles. The van der Waals surface area contributed by atoms with E-state index in [0.717, 1.165) is 17.7 Å². The van der Waals surface area contributed by atoms with Crippen LogP contribution < -0.4 is 0 Å². The molecule has 0 fully saturated rings. The van der Waals surface area contributed by atoms with Crippen molar-refractivity contribution >= 4 is 12.0 Å². The van der Waals surface area contributed by atoms with Crippen molar-refractivity contribution in [2.45, 2.75) is 6.18 Å². The largest absolute Gasteiger partial charge is 0.452 e. The maximum atomic E-state index is 12.4. The van der Waals surface area contributed by atoms with Gasteiger partial charge in [-0.25, -0.2) is 4.79 Å². The summed E-state index contributed by atoms with van der Waals surface area (Å²) in [5, 5.41) is 0. The Kier molecular flexibility index (Phi) is 5.80. The third kappa shape index (κ3) is 5.65. The maximum Gasteiger partial charge on any atom is 0.416 e. The number of hydrogen-bond acceptors (Lipinski definition) is 2. The third-order valence-corrected chi connectivity index (χ3v) is 2.94. The second-order valence-electron chi connectivity index (χ2n) is 4.74. The molecule has 0 saturated heterocycles. The van der Waals surface area contributed by atoms with E-state index < -0.39 is 17.7 Å². The monoisotopic (exact) mass is 330 g/mol. The molecule has 122 valence electrons. The van der Waals surface area contributed by atoms with Gasteiger partial charge in [0.05, 0.1) is 5.56 Å². The van der Waals surface area contributed by atoms with Crippen LogP contribution in [0.1, 0.15) is 16.7 Å². The summed E-state index contributed by atoms with van der Waals surface area (Å²) in [6, 6.07) is 13.7. The minimum atomic E-state index is -4.39. The van der Waals surface area contributed by atoms with E-state index in [1.165, 1.54) is 12.1 Å². The predicted molar refractivity (Wildman–Crippen MR) is 84.8 cm³/mol. The number of esters is 1. The molecule has 2 nitrogen and oxygen atoms in total. The molecule has 2 aromatic rings. The Morgan fingerprint density at radius 2 is 1.71 bits per heavy atom. The van der Waals surface area contributed by atoms with Gasteiger partial charge in [-0.3, -0.25) is 0 Å². The normalized spacial score (nSPS) is 11.0. The van der Waals surface area contributed by atoms with Crippen molar-refractivity contribution in [2.24, 2.45) is 0 Å². The van der Waals surface area contributed by atoms with Crippen molar-refractivity contribution < 1.29 is 22.7 Å². The Morgan fingerprint density at radius 3 is 2.33 bits per heavy atom. The highest BCUT2D eigenvalue weighted by Crippen LogP contribution is 2.28. The lowest BCUT2D eigenvalue weighted by atomic mass is 10.1. The fraction of sp³-hybridized carbons (Fsp3) is 0.105. The summed E-state index contributed by atoms with van der Waals surface area (Å²) in [5.41, 5.74) is 0.519. The van der Waals surface area contributed by atoms with Gasteiger partial charge in [0.2, 0.25) is 0 Å². The number of benzene rings is 2. The van der Waals surface area contributed by atoms with Crippen LogP contribution in [0.25, 0.3) is 6.08 Å². The summed E-state index contributed by atoms with van der Waals surface area (Å²) in [4.78, 5) is 11.4. The highest BCUT2D eigenvalue weighted by atomic mass is 19.4. The molecule has 24 heavy (non-hydrogen) atoms. The van der Waals surface area contributed by atoms with Gasteiger partial charge >= 0.3 is 12.1 Å². The molecule has 0 heterocycles. The number of carbonyl (C=O) groups excluding carboxylic acids is 1. The van der Waals surface area contributed by atoms with Crippen LogP contribution in [0.2, 0.25) is 0 Å². The fourth-order valence-electron chi connectivity index (χ4n) is 1.77. The minimum absolute atomic E-state index is 0.0649. The number of alkyl halides is 3. The molecule has 0 bridgehead atoms. The summed E-state index contributed by atoms with van der Waals surface area (Å²) in [7, 11) is 0. The van der Waals surface area contributed by atoms with Crippen LogP contribution in [0.15, 0.2) is 60.7 Å². The Hall–Kier alpha value is -3.00. The highest BCUT2D eigenvalue weighted by molar-refractivity contribution is 5.89. The summed E-state index contributed by atoms with van der Waals surface area (Å²) < 4.78 is 42.1. The van der Waals surface area contributed by atoms with E-state index in [4.69, 9.17) is 4.74 Å². The average Bonchev–Trinajstić information content (AvgIpc) is 2.57. The van der Waals surface area contributed by atoms with Crippen molar-refractivity contribution in [3.05, 3.63) is 77.4 Å². The van der Waals surface area contributed by atoms with E-state index in [2.05, 4.69) is 11.8 Å². The number of ether oxygens (including phenoxy) is 1. The molecular weight excluding hydrogens is 317 g/mol. The van der Waals surface area contributed by atoms with E-state index in [9.17, 15) is 18.0 Å². The summed E-state index contributed by atoms with van der Waals surface area (Å²) >= 11 is 0. The van der Waals surface area contributed by atoms with E-state index in [1.807, 2.05) is 30.3 Å². The zero-order valence-electron chi connectivity index (χ0n) is 12.5. The highest BCUT2D eigenvalue weighted by Gasteiger charge is 2.29. The summed E-state index contributed by atoms with van der Waals surface area (Å²) in [6.45, 7) is 0.0649. The van der Waals surface area contributed by atoms with Crippen LogP contribution in [-0.2, 0) is 15.7 Å². The van der Waals surface area contributed by atoms with Gasteiger partial charge in [0.15, 0.2) is 0 Å². The summed E-state index contributed by atoms with van der Waals surface area (Å²) in [5.74, 6) is 3.95. The molecule has 0 aliphatic rings. The minimum Gasteiger partial charge on any atom is -0.452 e. The van der Waals surface area contributed by atoms with Crippen LogP contribution in [0.5, 0.6) is 0 Å². The topological polar surface area (TPSA) is 26.3 Å². The van der Waals surface area contributed by atoms with Crippen LogP contribution in [-0.4, -0.2) is 12.6 Å². The molecule has 0 radical (unpaired) electrons. The Labute approximate surface area is 137 Å². The molecule has 0 spiro atoms. The van der Waals surface area contributed by atoms with Crippen molar-refractivity contribution in [2.75, 3.05) is 6.61 Å². The number of halogens is 3. The van der Waals surface area contributed by atoms with Crippen molar-refractivity contribution in [1.29, 1.82) is 0 Å². The first-order chi connectivity index (χ1) is 11.4. The van der Waals surface area contributed by atoms with Gasteiger partial charge in [-0.1, -0.05) is 42.3 Å². The fourth-order valence-corrected chi connectivity index (χ4v) is 1.77. The van der Waals surface area contributed by atoms with Crippen molar-refractivity contribution in [3.8, 4) is 11.8 Å². The average molecular weight is 330 g/mol. The lowest BCUT2D eigenvalue weighted by Gasteiger charge is -2.05. The summed E-state index contributed by atoms with van der Waals surface area (Å²) in [6.07, 6.45) is -0.917. The smallest absolute Gasteiger partial charge is 0.416 e. The van der Waals surface area contributed by atoms with Gasteiger partial charge in [-0.15, -0.1) is 0 Å². The van der Waals surface area contributed by atoms with Crippen molar-refractivity contribution in [1.82, 2.24) is 0 Å². The molecule has 5 heteroatoms. The van der Waals surface area contributed by atoms with E-state index in [-0.39, 0.29) is 6.61 Å². The Morgan fingerprint density at radius 1 is 1.04 bits per heavy atom. The molecule has 0 aromatic heterocycles.